The fraction of sp³-hybridized carbons (Fsp3) is 0.105. The molecule has 0 aliphatic rings. The molecule has 0 saturated heterocycles. The topological polar surface area (TPSA) is 95.2 Å². The molecule has 30 heavy (non-hydrogen) atoms. The summed E-state index contributed by atoms with van der Waals surface area (Å²) in [5, 5.41) is 11.0. The van der Waals surface area contributed by atoms with Crippen molar-refractivity contribution in [2.24, 2.45) is 0 Å². The molecule has 11 heteroatoms. The maximum Gasteiger partial charge on any atom is 0.433 e. The minimum Gasteiger partial charge on any atom is -0.497 e. The van der Waals surface area contributed by atoms with Crippen LogP contribution >= 0.6 is 11.8 Å². The van der Waals surface area contributed by atoms with Crippen LogP contribution in [0, 0.1) is 10.1 Å². The fourth-order valence-electron chi connectivity index (χ4n) is 2.46. The second-order valence-corrected chi connectivity index (χ2v) is 6.86. The molecule has 1 heterocycles. The predicted molar refractivity (Wildman–Crippen MR) is 102 cm³/mol. The van der Waals surface area contributed by atoms with Crippen LogP contribution in [0.3, 0.4) is 0 Å². The van der Waals surface area contributed by atoms with E-state index in [1.807, 2.05) is 0 Å². The minimum absolute atomic E-state index is 0.00496. The Morgan fingerprint density at radius 3 is 2.37 bits per heavy atom. The second kappa shape index (κ2) is 8.49. The number of aromatic nitrogens is 2. The fourth-order valence-corrected chi connectivity index (χ4v) is 3.32. The van der Waals surface area contributed by atoms with Crippen LogP contribution in [0.4, 0.5) is 18.9 Å². The van der Waals surface area contributed by atoms with E-state index in [9.17, 15) is 28.1 Å². The number of ether oxygens (including phenoxy) is 1. The first-order chi connectivity index (χ1) is 14.2. The van der Waals surface area contributed by atoms with Gasteiger partial charge in [0.15, 0.2) is 5.16 Å². The smallest absolute Gasteiger partial charge is 0.433 e. The first kappa shape index (κ1) is 21.2. The Bertz CT molecular complexity index is 1110. The quantitative estimate of drug-likeness (QED) is 0.232. The zero-order chi connectivity index (χ0) is 21.9. The molecule has 3 aromatic rings. The van der Waals surface area contributed by atoms with Crippen LogP contribution in [0.5, 0.6) is 5.75 Å². The van der Waals surface area contributed by atoms with Gasteiger partial charge in [0.25, 0.3) is 5.69 Å². The number of hydrogen-bond acceptors (Lipinski definition) is 7. The summed E-state index contributed by atoms with van der Waals surface area (Å²) in [4.78, 5) is 29.1. The van der Waals surface area contributed by atoms with Crippen LogP contribution in [-0.2, 0) is 6.18 Å². The molecule has 0 spiro atoms. The molecule has 3 rings (SSSR count). The number of nitro groups is 1. The molecule has 0 bridgehead atoms. The highest BCUT2D eigenvalue weighted by Crippen LogP contribution is 2.37. The largest absolute Gasteiger partial charge is 0.497 e. The summed E-state index contributed by atoms with van der Waals surface area (Å²) < 4.78 is 45.1. The Hall–Kier alpha value is -3.47. The van der Waals surface area contributed by atoms with E-state index in [2.05, 4.69) is 9.97 Å². The van der Waals surface area contributed by atoms with Crippen molar-refractivity contribution < 1.29 is 27.6 Å². The molecule has 154 valence electrons. The predicted octanol–water partition coefficient (Wildman–Crippen LogP) is 5.04. The van der Waals surface area contributed by atoms with Gasteiger partial charge in [-0.2, -0.15) is 13.2 Å². The maximum absolute atomic E-state index is 13.4. The van der Waals surface area contributed by atoms with E-state index < -0.39 is 22.5 Å². The van der Waals surface area contributed by atoms with Crippen molar-refractivity contribution in [3.8, 4) is 17.0 Å². The molecule has 0 unspecified atom stereocenters. The van der Waals surface area contributed by atoms with Gasteiger partial charge in [-0.15, -0.1) is 0 Å². The standard InChI is InChI=1S/C19H12F3N3O4S/c1-29-13-5-3-12(4-6-13)14-9-17(19(20,21)22)24-18(23-14)30-16-7-2-11(10-26)8-15(16)25(27)28/h2-10H,1H3. The molecule has 0 saturated carbocycles. The summed E-state index contributed by atoms with van der Waals surface area (Å²) in [5.41, 5.74) is -1.17. The Balaban J connectivity index is 2.08. The lowest BCUT2D eigenvalue weighted by atomic mass is 10.1. The van der Waals surface area contributed by atoms with Crippen LogP contribution in [0.25, 0.3) is 11.3 Å². The highest BCUT2D eigenvalue weighted by molar-refractivity contribution is 7.99. The van der Waals surface area contributed by atoms with Gasteiger partial charge in [-0.05, 0) is 48.2 Å². The third-order valence-electron chi connectivity index (χ3n) is 3.90. The Morgan fingerprint density at radius 2 is 1.80 bits per heavy atom. The van der Waals surface area contributed by atoms with Gasteiger partial charge in [0.05, 0.1) is 22.6 Å². The van der Waals surface area contributed by atoms with E-state index in [0.717, 1.165) is 12.1 Å². The summed E-state index contributed by atoms with van der Waals surface area (Å²) in [6.45, 7) is 0. The summed E-state index contributed by atoms with van der Waals surface area (Å²) in [7, 11) is 1.46. The van der Waals surface area contributed by atoms with Gasteiger partial charge >= 0.3 is 6.18 Å². The number of carbonyl (C=O) groups excluding carboxylic acids is 1. The Kier molecular flexibility index (Phi) is 6.01. The van der Waals surface area contributed by atoms with Crippen molar-refractivity contribution in [2.45, 2.75) is 16.2 Å². The number of rotatable bonds is 6. The van der Waals surface area contributed by atoms with Crippen molar-refractivity contribution in [3.63, 3.8) is 0 Å². The zero-order valence-electron chi connectivity index (χ0n) is 15.2. The van der Waals surface area contributed by atoms with E-state index in [4.69, 9.17) is 4.74 Å². The lowest BCUT2D eigenvalue weighted by Gasteiger charge is -2.11. The van der Waals surface area contributed by atoms with E-state index in [-0.39, 0.29) is 21.3 Å². The van der Waals surface area contributed by atoms with Crippen molar-refractivity contribution in [3.05, 3.63) is 69.9 Å². The Labute approximate surface area is 172 Å². The normalized spacial score (nSPS) is 11.2. The van der Waals surface area contributed by atoms with Crippen molar-refractivity contribution in [2.75, 3.05) is 7.11 Å². The molecule has 2 aromatic carbocycles. The third kappa shape index (κ3) is 4.74. The van der Waals surface area contributed by atoms with E-state index in [0.29, 0.717) is 29.4 Å². The molecule has 7 nitrogen and oxygen atoms in total. The summed E-state index contributed by atoms with van der Waals surface area (Å²) >= 11 is 0.604. The average molecular weight is 435 g/mol. The number of nitrogens with zero attached hydrogens (tertiary/aromatic N) is 3. The van der Waals surface area contributed by atoms with Crippen LogP contribution < -0.4 is 4.74 Å². The summed E-state index contributed by atoms with van der Waals surface area (Å²) in [5.74, 6) is 0.518. The SMILES string of the molecule is COc1ccc(-c2cc(C(F)(F)F)nc(Sc3ccc(C=O)cc3[N+](=O)[O-])n2)cc1. The number of halogens is 3. The second-order valence-electron chi connectivity index (χ2n) is 5.85. The average Bonchev–Trinajstić information content (AvgIpc) is 2.73. The van der Waals surface area contributed by atoms with Crippen molar-refractivity contribution in [1.82, 2.24) is 9.97 Å². The van der Waals surface area contributed by atoms with E-state index in [1.54, 1.807) is 12.1 Å². The van der Waals surface area contributed by atoms with Crippen LogP contribution in [0.1, 0.15) is 16.1 Å². The number of methoxy groups -OCH3 is 1. The maximum atomic E-state index is 13.4. The molecule has 0 N–H and O–H groups in total. The molecule has 0 atom stereocenters. The number of benzene rings is 2. The zero-order valence-corrected chi connectivity index (χ0v) is 16.0. The highest BCUT2D eigenvalue weighted by Gasteiger charge is 2.34. The van der Waals surface area contributed by atoms with Gasteiger partial charge < -0.3 is 4.74 Å². The van der Waals surface area contributed by atoms with Gasteiger partial charge in [-0.3, -0.25) is 14.9 Å². The van der Waals surface area contributed by atoms with Crippen LogP contribution in [0.2, 0.25) is 0 Å². The molecule has 0 aliphatic heterocycles. The van der Waals surface area contributed by atoms with E-state index in [1.165, 1.54) is 31.4 Å². The van der Waals surface area contributed by atoms with Gasteiger partial charge in [0.2, 0.25) is 0 Å². The van der Waals surface area contributed by atoms with Gasteiger partial charge in [-0.25, -0.2) is 9.97 Å². The lowest BCUT2D eigenvalue weighted by molar-refractivity contribution is -0.387. The summed E-state index contributed by atoms with van der Waals surface area (Å²) in [6.07, 6.45) is -4.31. The molecular formula is C19H12F3N3O4S. The first-order valence-corrected chi connectivity index (χ1v) is 9.05. The number of aldehydes is 1. The van der Waals surface area contributed by atoms with Gasteiger partial charge in [-0.1, -0.05) is 6.07 Å². The highest BCUT2D eigenvalue weighted by atomic mass is 32.2. The number of alkyl halides is 3. The summed E-state index contributed by atoms with van der Waals surface area (Å²) in [6, 6.07) is 10.6. The third-order valence-corrected chi connectivity index (χ3v) is 4.83. The molecule has 0 fully saturated rings. The molecule has 0 aliphatic carbocycles. The van der Waals surface area contributed by atoms with E-state index >= 15 is 0 Å². The van der Waals surface area contributed by atoms with Crippen LogP contribution in [0.15, 0.2) is 58.6 Å². The first-order valence-electron chi connectivity index (χ1n) is 8.23. The molecule has 1 aromatic heterocycles. The van der Waals surface area contributed by atoms with Gasteiger partial charge in [0.1, 0.15) is 17.7 Å². The number of hydrogen-bond donors (Lipinski definition) is 0. The van der Waals surface area contributed by atoms with Crippen molar-refractivity contribution >= 4 is 23.7 Å². The lowest BCUT2D eigenvalue weighted by Crippen LogP contribution is -2.10. The number of nitro benzene ring substituents is 1. The monoisotopic (exact) mass is 435 g/mol. The van der Waals surface area contributed by atoms with Crippen LogP contribution in [-0.4, -0.2) is 28.3 Å². The Morgan fingerprint density at radius 1 is 1.10 bits per heavy atom. The minimum atomic E-state index is -4.74. The van der Waals surface area contributed by atoms with Crippen molar-refractivity contribution in [1.29, 1.82) is 0 Å². The molecular weight excluding hydrogens is 423 g/mol. The molecule has 0 radical (unpaired) electrons. The number of carbonyl (C=O) groups is 1. The van der Waals surface area contributed by atoms with Gasteiger partial charge in [0, 0.05) is 17.2 Å². The molecule has 0 amide bonds.